The zero-order valence-corrected chi connectivity index (χ0v) is 18.3. The van der Waals surface area contributed by atoms with Gasteiger partial charge in [-0.3, -0.25) is 0 Å². The van der Waals surface area contributed by atoms with Gasteiger partial charge in [0.25, 0.3) is 0 Å². The maximum Gasteiger partial charge on any atom is 0.0812 e. The molecule has 0 amide bonds. The second-order valence-electron chi connectivity index (χ2n) is 7.47. The van der Waals surface area contributed by atoms with Gasteiger partial charge in [0.15, 0.2) is 0 Å². The number of aryl methyl sites for hydroxylation is 1. The van der Waals surface area contributed by atoms with Gasteiger partial charge in [-0.2, -0.15) is 0 Å². The van der Waals surface area contributed by atoms with Crippen LogP contribution in [0, 0.1) is 6.92 Å². The van der Waals surface area contributed by atoms with Crippen LogP contribution in [0.1, 0.15) is 69.4 Å². The maximum absolute atomic E-state index is 13.6. The molecular weight excluding hydrogens is 364 g/mol. The van der Waals surface area contributed by atoms with Crippen molar-refractivity contribution in [2.75, 3.05) is 0 Å². The molecule has 0 fully saturated rings. The van der Waals surface area contributed by atoms with E-state index in [1.807, 2.05) is 55.5 Å². The first kappa shape index (κ1) is 22.6. The highest BCUT2D eigenvalue weighted by Crippen LogP contribution is 2.35. The first-order valence-electron chi connectivity index (χ1n) is 10.5. The summed E-state index contributed by atoms with van der Waals surface area (Å²) in [6, 6.07) is 18.2. The lowest BCUT2D eigenvalue weighted by Crippen LogP contribution is -2.13. The summed E-state index contributed by atoms with van der Waals surface area (Å²) >= 11 is 0. The van der Waals surface area contributed by atoms with Gasteiger partial charge < -0.3 is 5.11 Å². The predicted octanol–water partition coefficient (Wildman–Crippen LogP) is 6.51. The third-order valence-electron chi connectivity index (χ3n) is 5.05. The molecule has 0 bridgehead atoms. The number of benzene rings is 2. The third-order valence-corrected chi connectivity index (χ3v) is 6.60. The molecule has 2 nitrogen and oxygen atoms in total. The summed E-state index contributed by atoms with van der Waals surface area (Å²) < 4.78 is 13.6. The SMILES string of the molecule is CCCC[C@H](O)/C=C(/[C@@H](CCCC)c1ccccc1)S(=O)c1ccc(C)cc1. The molecule has 2 rings (SSSR count). The fourth-order valence-corrected chi connectivity index (χ4v) is 4.81. The minimum atomic E-state index is -1.29. The van der Waals surface area contributed by atoms with Crippen LogP contribution in [0.25, 0.3) is 0 Å². The Kier molecular flexibility index (Phi) is 9.66. The molecular formula is C25H34O2S. The molecule has 0 radical (unpaired) electrons. The predicted molar refractivity (Wildman–Crippen MR) is 120 cm³/mol. The van der Waals surface area contributed by atoms with Gasteiger partial charge in [0.05, 0.1) is 16.9 Å². The fraction of sp³-hybridized carbons (Fsp3) is 0.440. The molecule has 0 heterocycles. The lowest BCUT2D eigenvalue weighted by molar-refractivity contribution is 0.208. The molecule has 1 N–H and O–H groups in total. The monoisotopic (exact) mass is 398 g/mol. The number of allylic oxidation sites excluding steroid dienone is 1. The van der Waals surface area contributed by atoms with Gasteiger partial charge in [-0.25, -0.2) is 4.21 Å². The highest BCUT2D eigenvalue weighted by molar-refractivity contribution is 7.89. The molecule has 152 valence electrons. The van der Waals surface area contributed by atoms with E-state index in [-0.39, 0.29) is 5.92 Å². The summed E-state index contributed by atoms with van der Waals surface area (Å²) in [7, 11) is -1.29. The molecule has 2 aromatic carbocycles. The lowest BCUT2D eigenvalue weighted by atomic mass is 9.92. The number of rotatable bonds is 11. The van der Waals surface area contributed by atoms with Crippen molar-refractivity contribution < 1.29 is 9.32 Å². The first-order chi connectivity index (χ1) is 13.6. The third kappa shape index (κ3) is 6.72. The number of unbranched alkanes of at least 4 members (excludes halogenated alkanes) is 2. The Hall–Kier alpha value is -1.71. The van der Waals surface area contributed by atoms with Crippen molar-refractivity contribution in [3.63, 3.8) is 0 Å². The van der Waals surface area contributed by atoms with Crippen molar-refractivity contribution >= 4 is 10.8 Å². The van der Waals surface area contributed by atoms with Gasteiger partial charge >= 0.3 is 0 Å². The van der Waals surface area contributed by atoms with E-state index >= 15 is 0 Å². The highest BCUT2D eigenvalue weighted by Gasteiger charge is 2.23. The normalized spacial score (nSPS) is 15.2. The molecule has 0 aliphatic rings. The molecule has 0 aliphatic carbocycles. The van der Waals surface area contributed by atoms with Gasteiger partial charge in [-0.15, -0.1) is 0 Å². The van der Waals surface area contributed by atoms with Crippen molar-refractivity contribution in [3.05, 3.63) is 76.7 Å². The van der Waals surface area contributed by atoms with Crippen LogP contribution in [-0.2, 0) is 10.8 Å². The van der Waals surface area contributed by atoms with Crippen LogP contribution in [-0.4, -0.2) is 15.4 Å². The lowest BCUT2D eigenvalue weighted by Gasteiger charge is -2.22. The van der Waals surface area contributed by atoms with E-state index in [2.05, 4.69) is 26.0 Å². The van der Waals surface area contributed by atoms with Crippen molar-refractivity contribution in [2.24, 2.45) is 0 Å². The Morgan fingerprint density at radius 1 is 0.964 bits per heavy atom. The Balaban J connectivity index is 2.45. The van der Waals surface area contributed by atoms with Gasteiger partial charge in [0, 0.05) is 15.7 Å². The molecule has 0 spiro atoms. The molecule has 3 heteroatoms. The van der Waals surface area contributed by atoms with Crippen molar-refractivity contribution in [3.8, 4) is 0 Å². The van der Waals surface area contributed by atoms with E-state index < -0.39 is 16.9 Å². The Morgan fingerprint density at radius 2 is 1.57 bits per heavy atom. The fourth-order valence-electron chi connectivity index (χ4n) is 3.36. The van der Waals surface area contributed by atoms with Crippen LogP contribution < -0.4 is 0 Å². The Morgan fingerprint density at radius 3 is 2.18 bits per heavy atom. The minimum Gasteiger partial charge on any atom is -0.389 e. The summed E-state index contributed by atoms with van der Waals surface area (Å²) in [5.74, 6) is 0.0552. The van der Waals surface area contributed by atoms with E-state index in [4.69, 9.17) is 0 Å². The second kappa shape index (κ2) is 12.0. The molecule has 28 heavy (non-hydrogen) atoms. The van der Waals surface area contributed by atoms with Crippen LogP contribution in [0.15, 0.2) is 70.5 Å². The largest absolute Gasteiger partial charge is 0.389 e. The summed E-state index contributed by atoms with van der Waals surface area (Å²) in [5.41, 5.74) is 2.32. The number of aliphatic hydroxyl groups excluding tert-OH is 1. The first-order valence-corrected chi connectivity index (χ1v) is 11.6. The molecule has 1 unspecified atom stereocenters. The van der Waals surface area contributed by atoms with Gasteiger partial charge in [-0.1, -0.05) is 87.6 Å². The van der Waals surface area contributed by atoms with E-state index in [0.29, 0.717) is 6.42 Å². The average molecular weight is 399 g/mol. The van der Waals surface area contributed by atoms with Crippen LogP contribution in [0.4, 0.5) is 0 Å². The van der Waals surface area contributed by atoms with Crippen LogP contribution in [0.5, 0.6) is 0 Å². The maximum atomic E-state index is 13.6. The number of hydrogen-bond acceptors (Lipinski definition) is 2. The molecule has 0 aliphatic heterocycles. The van der Waals surface area contributed by atoms with Crippen molar-refractivity contribution in [1.29, 1.82) is 0 Å². The van der Waals surface area contributed by atoms with Crippen LogP contribution in [0.3, 0.4) is 0 Å². The van der Waals surface area contributed by atoms with E-state index in [1.165, 1.54) is 5.56 Å². The summed E-state index contributed by atoms with van der Waals surface area (Å²) in [4.78, 5) is 1.64. The molecule has 0 saturated carbocycles. The Bertz CT molecular complexity index is 750. The standard InChI is InChI=1S/C25H34O2S/c1-4-6-13-22(26)19-25(28(27)23-17-15-20(3)16-18-23)24(14-7-5-2)21-11-9-8-10-12-21/h8-12,15-19,22,24,26H,4-7,13-14H2,1-3H3/b25-19-/t22-,24-,28?/m0/s1. The van der Waals surface area contributed by atoms with Crippen molar-refractivity contribution in [2.45, 2.75) is 76.2 Å². The topological polar surface area (TPSA) is 37.3 Å². The van der Waals surface area contributed by atoms with Gasteiger partial charge in [0.1, 0.15) is 0 Å². The van der Waals surface area contributed by atoms with E-state index in [9.17, 15) is 9.32 Å². The van der Waals surface area contributed by atoms with Crippen molar-refractivity contribution in [1.82, 2.24) is 0 Å². The zero-order chi connectivity index (χ0) is 20.4. The number of hydrogen-bond donors (Lipinski definition) is 1. The average Bonchev–Trinajstić information content (AvgIpc) is 2.72. The summed E-state index contributed by atoms with van der Waals surface area (Å²) in [6.07, 6.45) is 7.12. The smallest absolute Gasteiger partial charge is 0.0812 e. The van der Waals surface area contributed by atoms with Gasteiger partial charge in [-0.05, 0) is 43.5 Å². The van der Waals surface area contributed by atoms with Gasteiger partial charge in [0.2, 0.25) is 0 Å². The second-order valence-corrected chi connectivity index (χ2v) is 8.95. The summed E-state index contributed by atoms with van der Waals surface area (Å²) in [6.45, 7) is 6.33. The molecule has 0 saturated heterocycles. The number of aliphatic hydroxyl groups is 1. The van der Waals surface area contributed by atoms with Crippen LogP contribution >= 0.6 is 0 Å². The van der Waals surface area contributed by atoms with E-state index in [1.54, 1.807) is 0 Å². The Labute approximate surface area is 173 Å². The van der Waals surface area contributed by atoms with Crippen LogP contribution in [0.2, 0.25) is 0 Å². The zero-order valence-electron chi connectivity index (χ0n) is 17.4. The minimum absolute atomic E-state index is 0.0552. The molecule has 3 atom stereocenters. The quantitative estimate of drug-likeness (QED) is 0.468. The highest BCUT2D eigenvalue weighted by atomic mass is 32.2. The van der Waals surface area contributed by atoms with E-state index in [0.717, 1.165) is 47.5 Å². The molecule has 0 aromatic heterocycles. The molecule has 2 aromatic rings. The summed E-state index contributed by atoms with van der Waals surface area (Å²) in [5, 5.41) is 10.6.